The molecule has 5 saturated heterocycles. The van der Waals surface area contributed by atoms with E-state index in [0.717, 1.165) is 124 Å². The molecule has 13 nitrogen and oxygen atoms in total. The molecule has 0 amide bonds. The Morgan fingerprint density at radius 2 is 0.556 bits per heavy atom. The molecule has 0 bridgehead atoms. The van der Waals surface area contributed by atoms with Gasteiger partial charge in [-0.3, -0.25) is 19.6 Å². The Hall–Kier alpha value is -4.63. The van der Waals surface area contributed by atoms with Gasteiger partial charge in [-0.1, -0.05) is 56.4 Å². The van der Waals surface area contributed by atoms with E-state index in [9.17, 15) is 20.4 Å². The number of alkyl halides is 1. The van der Waals surface area contributed by atoms with Crippen LogP contribution >= 0.6 is 11.6 Å². The Balaban J connectivity index is 0.000000265. The van der Waals surface area contributed by atoms with Crippen LogP contribution in [0.1, 0.15) is 144 Å². The molecule has 4 aromatic carbocycles. The van der Waals surface area contributed by atoms with Crippen LogP contribution in [0.5, 0.6) is 46.0 Å². The highest BCUT2D eigenvalue weighted by Gasteiger charge is 2.17. The van der Waals surface area contributed by atoms with Crippen molar-refractivity contribution in [2.24, 2.45) is 0 Å². The van der Waals surface area contributed by atoms with E-state index in [1.54, 1.807) is 24.3 Å². The lowest BCUT2D eigenvalue weighted by atomic mass is 10.0. The zero-order chi connectivity index (χ0) is 56.5. The van der Waals surface area contributed by atoms with Crippen molar-refractivity contribution in [3.8, 4) is 46.0 Å². The summed E-state index contributed by atoms with van der Waals surface area (Å²) in [5, 5.41) is 37.2. The minimum absolute atomic E-state index is 0.0917. The van der Waals surface area contributed by atoms with Crippen molar-refractivity contribution in [3.63, 3.8) is 0 Å². The van der Waals surface area contributed by atoms with E-state index in [1.165, 1.54) is 185 Å². The van der Waals surface area contributed by atoms with E-state index in [-0.39, 0.29) is 23.0 Å². The molecule has 5 aliphatic heterocycles. The van der Waals surface area contributed by atoms with Gasteiger partial charge in [0.1, 0.15) is 26.4 Å². The second-order valence-corrected chi connectivity index (χ2v) is 23.6. The summed E-state index contributed by atoms with van der Waals surface area (Å²) < 4.78 is 25.6. The Bertz CT molecular complexity index is 2180. The number of hydrogen-bond donors (Lipinski definition) is 4. The maximum Gasteiger partial charge on any atom is 0.161 e. The van der Waals surface area contributed by atoms with Crippen molar-refractivity contribution in [2.45, 2.75) is 148 Å². The summed E-state index contributed by atoms with van der Waals surface area (Å²) in [5.74, 6) is 4.01. The minimum Gasteiger partial charge on any atom is -0.504 e. The van der Waals surface area contributed by atoms with E-state index >= 15 is 0 Å². The van der Waals surface area contributed by atoms with E-state index in [1.807, 2.05) is 0 Å². The second-order valence-electron chi connectivity index (χ2n) is 23.2. The molecular formula is C67H102ClN5O8. The molecular weight excluding hydrogens is 1040 g/mol. The van der Waals surface area contributed by atoms with Crippen LogP contribution in [0, 0.1) is 0 Å². The van der Waals surface area contributed by atoms with Gasteiger partial charge in [0.15, 0.2) is 46.0 Å². The normalized spacial score (nSPS) is 17.8. The number of rotatable bonds is 28. The first-order chi connectivity index (χ1) is 39.8. The van der Waals surface area contributed by atoms with E-state index < -0.39 is 0 Å². The maximum atomic E-state index is 9.39. The number of piperidine rings is 5. The maximum absolute atomic E-state index is 9.39. The van der Waals surface area contributed by atoms with E-state index in [0.29, 0.717) is 26.4 Å². The third kappa shape index (κ3) is 24.6. The van der Waals surface area contributed by atoms with Gasteiger partial charge in [0.25, 0.3) is 0 Å². The van der Waals surface area contributed by atoms with Crippen LogP contribution in [0.3, 0.4) is 0 Å². The molecule has 5 aliphatic rings. The second kappa shape index (κ2) is 37.5. The largest absolute Gasteiger partial charge is 0.504 e. The zero-order valence-corrected chi connectivity index (χ0v) is 50.1. The molecule has 450 valence electrons. The summed E-state index contributed by atoms with van der Waals surface area (Å²) in [6, 6.07) is 23.0. The number of aryl methyl sites for hydroxylation is 4. The van der Waals surface area contributed by atoms with Crippen molar-refractivity contribution < 1.29 is 39.4 Å². The van der Waals surface area contributed by atoms with Gasteiger partial charge in [-0.15, -0.1) is 11.6 Å². The van der Waals surface area contributed by atoms with Gasteiger partial charge >= 0.3 is 0 Å². The Morgan fingerprint density at radius 3 is 0.840 bits per heavy atom. The van der Waals surface area contributed by atoms with Crippen LogP contribution in [0.4, 0.5) is 0 Å². The Labute approximate surface area is 492 Å². The standard InChI is InChI=1S/C44H70N4O4.C16H18O4.C7H14ClN/c1-7-21-45(22-8-1)29-33-49-41-19-17-39(37-43(41)51-35-31-47-25-11-3-12-26-47)15-5-6-16-40-18-20-42(50-34-30-46-23-9-2-10-24-46)44(38-40)52-36-32-48-27-13-4-14-28-48;17-13-7-5-11(9-15(13)19)3-1-2-4-12-6-8-14(18)16(20)10-12;8-4-7-9-5-2-1-3-6-9/h17-20,37-38H,1-16,21-36H2;5-10,17-20H,1-4H2;1-7H2. The zero-order valence-electron chi connectivity index (χ0n) is 49.4. The number of likely N-dealkylation sites (tertiary alicyclic amines) is 5. The molecule has 14 heteroatoms. The number of phenols is 4. The van der Waals surface area contributed by atoms with Gasteiger partial charge in [0, 0.05) is 38.6 Å². The molecule has 5 heterocycles. The average molecular weight is 1140 g/mol. The van der Waals surface area contributed by atoms with Crippen molar-refractivity contribution >= 4 is 11.6 Å². The van der Waals surface area contributed by atoms with Gasteiger partial charge in [-0.25, -0.2) is 0 Å². The lowest BCUT2D eigenvalue weighted by Crippen LogP contribution is -2.33. The summed E-state index contributed by atoms with van der Waals surface area (Å²) in [7, 11) is 0. The molecule has 0 radical (unpaired) electrons. The highest BCUT2D eigenvalue weighted by molar-refractivity contribution is 6.18. The van der Waals surface area contributed by atoms with Crippen LogP contribution in [-0.2, 0) is 25.7 Å². The first kappa shape index (κ1) is 63.9. The molecule has 4 N–H and O–H groups in total. The number of hydrogen-bond acceptors (Lipinski definition) is 13. The number of nitrogens with zero attached hydrogens (tertiary/aromatic N) is 5. The minimum atomic E-state index is -0.103. The fraction of sp³-hybridized carbons (Fsp3) is 0.642. The van der Waals surface area contributed by atoms with Gasteiger partial charge in [-0.05, 0) is 252 Å². The number of halogens is 1. The molecule has 9 rings (SSSR count). The molecule has 0 saturated carbocycles. The molecule has 0 aliphatic carbocycles. The average Bonchev–Trinajstić information content (AvgIpc) is 3.52. The third-order valence-electron chi connectivity index (χ3n) is 16.8. The monoisotopic (exact) mass is 1140 g/mol. The quantitative estimate of drug-likeness (QED) is 0.0244. The smallest absolute Gasteiger partial charge is 0.161 e. The van der Waals surface area contributed by atoms with Crippen molar-refractivity contribution in [2.75, 3.05) is 130 Å². The Kier molecular flexibility index (Phi) is 29.6. The van der Waals surface area contributed by atoms with E-state index in [2.05, 4.69) is 60.9 Å². The van der Waals surface area contributed by atoms with Crippen LogP contribution in [0.2, 0.25) is 0 Å². The summed E-state index contributed by atoms with van der Waals surface area (Å²) in [6.07, 6.45) is 27.9. The van der Waals surface area contributed by atoms with Gasteiger partial charge in [0.2, 0.25) is 0 Å². The predicted octanol–water partition coefficient (Wildman–Crippen LogP) is 12.5. The van der Waals surface area contributed by atoms with Gasteiger partial charge in [0.05, 0.1) is 0 Å². The number of benzene rings is 4. The SMILES string of the molecule is ClCCN1CCCCC1.Oc1ccc(CCCCc2ccc(O)c(O)c2)cc1O.c1cc(OCCN2CCCCC2)c(OCCN2CCCCC2)cc1CCCCc1ccc(OCCN2CCCCC2)c(OCCN2CCCCC2)c1. The molecule has 0 spiro atoms. The fourth-order valence-corrected chi connectivity index (χ4v) is 12.1. The van der Waals surface area contributed by atoms with Crippen LogP contribution in [0.15, 0.2) is 72.8 Å². The lowest BCUT2D eigenvalue weighted by molar-refractivity contribution is 0.168. The Morgan fingerprint density at radius 1 is 0.296 bits per heavy atom. The van der Waals surface area contributed by atoms with Crippen LogP contribution in [-0.4, -0.2) is 175 Å². The lowest BCUT2D eigenvalue weighted by Gasteiger charge is -2.27. The number of phenolic OH excluding ortho intramolecular Hbond substituents is 4. The number of unbranched alkanes of at least 4 members (excludes halogenated alkanes) is 2. The summed E-state index contributed by atoms with van der Waals surface area (Å²) in [6.45, 7) is 20.0. The highest BCUT2D eigenvalue weighted by atomic mass is 35.5. The van der Waals surface area contributed by atoms with Crippen molar-refractivity contribution in [3.05, 3.63) is 95.1 Å². The van der Waals surface area contributed by atoms with E-state index in [4.69, 9.17) is 30.5 Å². The topological polar surface area (TPSA) is 134 Å². The highest BCUT2D eigenvalue weighted by Crippen LogP contribution is 2.32. The third-order valence-corrected chi connectivity index (χ3v) is 16.9. The summed E-state index contributed by atoms with van der Waals surface area (Å²) in [5.41, 5.74) is 4.62. The molecule has 0 aromatic heterocycles. The van der Waals surface area contributed by atoms with Crippen LogP contribution in [0.25, 0.3) is 0 Å². The van der Waals surface area contributed by atoms with Crippen LogP contribution < -0.4 is 18.9 Å². The van der Waals surface area contributed by atoms with Crippen molar-refractivity contribution in [1.82, 2.24) is 24.5 Å². The van der Waals surface area contributed by atoms with Gasteiger partial charge < -0.3 is 44.3 Å². The first-order valence-corrected chi connectivity index (χ1v) is 32.3. The molecule has 0 atom stereocenters. The predicted molar refractivity (Wildman–Crippen MR) is 330 cm³/mol. The molecule has 0 unspecified atom stereocenters. The molecule has 81 heavy (non-hydrogen) atoms. The molecule has 5 fully saturated rings. The summed E-state index contributed by atoms with van der Waals surface area (Å²) in [4.78, 5) is 12.6. The van der Waals surface area contributed by atoms with Gasteiger partial charge in [-0.2, -0.15) is 0 Å². The van der Waals surface area contributed by atoms with Crippen molar-refractivity contribution in [1.29, 1.82) is 0 Å². The first-order valence-electron chi connectivity index (χ1n) is 31.7. The number of aromatic hydroxyl groups is 4. The fourth-order valence-electron chi connectivity index (χ4n) is 11.8. The molecule has 4 aromatic rings. The number of ether oxygens (including phenoxy) is 4. The summed E-state index contributed by atoms with van der Waals surface area (Å²) >= 11 is 5.59.